The van der Waals surface area contributed by atoms with E-state index >= 15 is 0 Å². The summed E-state index contributed by atoms with van der Waals surface area (Å²) in [6, 6.07) is 6.21. The predicted molar refractivity (Wildman–Crippen MR) is 98.3 cm³/mol. The number of nitrogens with two attached hydrogens (primary N) is 1. The van der Waals surface area contributed by atoms with Gasteiger partial charge in [-0.1, -0.05) is 33.8 Å². The molecule has 0 aromatic heterocycles. The lowest BCUT2D eigenvalue weighted by atomic mass is 9.76. The van der Waals surface area contributed by atoms with Gasteiger partial charge in [-0.05, 0) is 48.6 Å². The molecule has 3 N–H and O–H groups in total. The molecule has 23 heavy (non-hydrogen) atoms. The Morgan fingerprint density at radius 1 is 1.61 bits per heavy atom. The highest BCUT2D eigenvalue weighted by Crippen LogP contribution is 2.47. The van der Waals surface area contributed by atoms with Crippen molar-refractivity contribution in [2.24, 2.45) is 5.73 Å². The molecule has 1 fully saturated rings. The average Bonchev–Trinajstić information content (AvgIpc) is 2.87. The Bertz CT molecular complexity index is 649. The minimum Gasteiger partial charge on any atom is -0.482 e. The highest BCUT2D eigenvalue weighted by Gasteiger charge is 2.45. The molecule has 1 aliphatic carbocycles. The number of thioether (sulfide) groups is 1. The van der Waals surface area contributed by atoms with Gasteiger partial charge in [0.2, 0.25) is 0 Å². The Hall–Kier alpha value is -0.980. The van der Waals surface area contributed by atoms with Gasteiger partial charge in [0.05, 0.1) is 6.10 Å². The zero-order chi connectivity index (χ0) is 16.4. The number of benzene rings is 1. The first kappa shape index (κ1) is 16.9. The van der Waals surface area contributed by atoms with Crippen molar-refractivity contribution in [1.82, 2.24) is 0 Å². The second-order valence-corrected chi connectivity index (χ2v) is 8.01. The molecule has 3 rings (SSSR count). The summed E-state index contributed by atoms with van der Waals surface area (Å²) in [5.74, 6) is 1.68. The third-order valence-electron chi connectivity index (χ3n) is 4.61. The Labute approximate surface area is 149 Å². The van der Waals surface area contributed by atoms with Crippen LogP contribution >= 0.6 is 27.7 Å². The molecule has 1 aromatic carbocycles. The van der Waals surface area contributed by atoms with Gasteiger partial charge in [-0.3, -0.25) is 5.41 Å². The zero-order valence-corrected chi connectivity index (χ0v) is 15.5. The fourth-order valence-electron chi connectivity index (χ4n) is 3.45. The van der Waals surface area contributed by atoms with Gasteiger partial charge in [0.1, 0.15) is 11.4 Å². The molecule has 0 bridgehead atoms. The first-order chi connectivity index (χ1) is 11.0. The number of amidine groups is 1. The molecule has 1 spiro atoms. The molecular weight excluding hydrogens is 376 g/mol. The van der Waals surface area contributed by atoms with Crippen LogP contribution in [-0.4, -0.2) is 29.7 Å². The van der Waals surface area contributed by atoms with Crippen LogP contribution in [0.3, 0.4) is 0 Å². The molecule has 124 valence electrons. The van der Waals surface area contributed by atoms with Crippen molar-refractivity contribution >= 4 is 32.9 Å². The van der Waals surface area contributed by atoms with Crippen molar-refractivity contribution in [3.05, 3.63) is 39.9 Å². The van der Waals surface area contributed by atoms with Gasteiger partial charge in [0.25, 0.3) is 0 Å². The van der Waals surface area contributed by atoms with E-state index in [2.05, 4.69) is 28.1 Å². The first-order valence-electron chi connectivity index (χ1n) is 7.69. The van der Waals surface area contributed by atoms with Gasteiger partial charge in [0.15, 0.2) is 5.17 Å². The molecule has 0 radical (unpaired) electrons. The van der Waals surface area contributed by atoms with Crippen molar-refractivity contribution in [2.45, 2.75) is 37.4 Å². The van der Waals surface area contributed by atoms with E-state index in [1.54, 1.807) is 7.11 Å². The minimum absolute atomic E-state index is 0.148. The summed E-state index contributed by atoms with van der Waals surface area (Å²) >= 11 is 4.88. The van der Waals surface area contributed by atoms with Gasteiger partial charge in [0, 0.05) is 23.8 Å². The van der Waals surface area contributed by atoms with E-state index in [0.29, 0.717) is 5.75 Å². The number of hydrogen-bond donors (Lipinski definition) is 2. The van der Waals surface area contributed by atoms with Crippen LogP contribution in [0.4, 0.5) is 0 Å². The standard InChI is InChI=1S/C17H21BrN2O2S/c1-21-14-4-6-17(12(9-14)5-7-23-16(19)20)10-11-8-13(18)2-3-15(11)22-17/h2-3,5,8,14H,4,6-7,9-10H2,1H3,(H3,19,20)/b12-5+. The average molecular weight is 397 g/mol. The molecule has 6 heteroatoms. The van der Waals surface area contributed by atoms with Crippen molar-refractivity contribution in [3.63, 3.8) is 0 Å². The molecule has 4 nitrogen and oxygen atoms in total. The number of fused-ring (bicyclic) bond motifs is 1. The Kier molecular flexibility index (Phi) is 5.04. The normalized spacial score (nSPS) is 27.9. The van der Waals surface area contributed by atoms with E-state index in [0.717, 1.165) is 35.9 Å². The van der Waals surface area contributed by atoms with Crippen LogP contribution in [0.5, 0.6) is 5.75 Å². The van der Waals surface area contributed by atoms with Crippen LogP contribution in [0.25, 0.3) is 0 Å². The molecule has 2 atom stereocenters. The van der Waals surface area contributed by atoms with E-state index in [1.807, 2.05) is 12.1 Å². The third kappa shape index (κ3) is 3.59. The van der Waals surface area contributed by atoms with Gasteiger partial charge >= 0.3 is 0 Å². The van der Waals surface area contributed by atoms with E-state index in [1.165, 1.54) is 22.9 Å². The number of ether oxygens (including phenoxy) is 2. The summed E-state index contributed by atoms with van der Waals surface area (Å²) < 4.78 is 13.1. The molecule has 1 aliphatic heterocycles. The summed E-state index contributed by atoms with van der Waals surface area (Å²) in [4.78, 5) is 0. The van der Waals surface area contributed by atoms with E-state index in [4.69, 9.17) is 20.6 Å². The Morgan fingerprint density at radius 2 is 2.43 bits per heavy atom. The molecule has 2 aliphatic rings. The van der Waals surface area contributed by atoms with Crippen LogP contribution in [-0.2, 0) is 11.2 Å². The summed E-state index contributed by atoms with van der Waals surface area (Å²) in [7, 11) is 1.77. The number of methoxy groups -OCH3 is 1. The van der Waals surface area contributed by atoms with Crippen LogP contribution in [0.2, 0.25) is 0 Å². The van der Waals surface area contributed by atoms with Crippen LogP contribution in [0, 0.1) is 5.41 Å². The molecule has 1 heterocycles. The van der Waals surface area contributed by atoms with Gasteiger partial charge < -0.3 is 15.2 Å². The lowest BCUT2D eigenvalue weighted by molar-refractivity contribution is 0.0245. The van der Waals surface area contributed by atoms with Gasteiger partial charge in [-0.2, -0.15) is 0 Å². The molecule has 1 aromatic rings. The summed E-state index contributed by atoms with van der Waals surface area (Å²) in [6.45, 7) is 0. The highest BCUT2D eigenvalue weighted by atomic mass is 79.9. The van der Waals surface area contributed by atoms with Gasteiger partial charge in [-0.25, -0.2) is 0 Å². The van der Waals surface area contributed by atoms with Crippen molar-refractivity contribution in [2.75, 3.05) is 12.9 Å². The minimum atomic E-state index is -0.254. The Morgan fingerprint density at radius 3 is 3.17 bits per heavy atom. The van der Waals surface area contributed by atoms with Crippen molar-refractivity contribution in [3.8, 4) is 5.75 Å². The summed E-state index contributed by atoms with van der Waals surface area (Å²) in [6.07, 6.45) is 6.15. The third-order valence-corrected chi connectivity index (χ3v) is 5.75. The number of rotatable bonds is 3. The number of halogens is 1. The maximum Gasteiger partial charge on any atom is 0.151 e. The lowest BCUT2D eigenvalue weighted by Gasteiger charge is -2.39. The maximum absolute atomic E-state index is 7.37. The van der Waals surface area contributed by atoms with Crippen LogP contribution < -0.4 is 10.5 Å². The monoisotopic (exact) mass is 396 g/mol. The SMILES string of the molecule is COC1CCC2(Cc3cc(Br)ccc3O2)/C(=C/CSC(=N)N)C1. The van der Waals surface area contributed by atoms with Crippen molar-refractivity contribution in [1.29, 1.82) is 5.41 Å². The predicted octanol–water partition coefficient (Wildman–Crippen LogP) is 3.87. The van der Waals surface area contributed by atoms with Gasteiger partial charge in [-0.15, -0.1) is 0 Å². The second-order valence-electron chi connectivity index (χ2n) is 6.03. The summed E-state index contributed by atoms with van der Waals surface area (Å²) in [5.41, 5.74) is 7.72. The maximum atomic E-state index is 7.37. The topological polar surface area (TPSA) is 68.3 Å². The number of hydrogen-bond acceptors (Lipinski definition) is 4. The second kappa shape index (κ2) is 6.87. The largest absolute Gasteiger partial charge is 0.482 e. The lowest BCUT2D eigenvalue weighted by Crippen LogP contribution is -2.43. The molecular formula is C17H21BrN2O2S. The fourth-order valence-corrected chi connectivity index (χ4v) is 4.32. The van der Waals surface area contributed by atoms with E-state index in [-0.39, 0.29) is 16.9 Å². The molecule has 1 saturated carbocycles. The smallest absolute Gasteiger partial charge is 0.151 e. The van der Waals surface area contributed by atoms with Crippen LogP contribution in [0.1, 0.15) is 24.8 Å². The fraction of sp³-hybridized carbons (Fsp3) is 0.471. The van der Waals surface area contributed by atoms with Crippen LogP contribution in [0.15, 0.2) is 34.3 Å². The molecule has 0 saturated heterocycles. The zero-order valence-electron chi connectivity index (χ0n) is 13.1. The summed E-state index contributed by atoms with van der Waals surface area (Å²) in [5, 5.41) is 7.52. The molecule has 0 amide bonds. The van der Waals surface area contributed by atoms with E-state index in [9.17, 15) is 0 Å². The Balaban J connectivity index is 1.85. The van der Waals surface area contributed by atoms with Crippen molar-refractivity contribution < 1.29 is 9.47 Å². The highest BCUT2D eigenvalue weighted by molar-refractivity contribution is 9.10. The number of nitrogens with one attached hydrogen (secondary N) is 1. The quantitative estimate of drug-likeness (QED) is 0.462. The van der Waals surface area contributed by atoms with E-state index < -0.39 is 0 Å². The molecule has 2 unspecified atom stereocenters. The first-order valence-corrected chi connectivity index (χ1v) is 9.47.